The monoisotopic (exact) mass is 791 g/mol. The van der Waals surface area contributed by atoms with Crippen LogP contribution in [0.2, 0.25) is 0 Å². The van der Waals surface area contributed by atoms with Crippen LogP contribution in [0.5, 0.6) is 0 Å². The van der Waals surface area contributed by atoms with Crippen LogP contribution in [0.1, 0.15) is 92.9 Å². The molecule has 4 saturated carbocycles. The van der Waals surface area contributed by atoms with E-state index in [1.54, 1.807) is 14.2 Å². The standard InChI is InChI=1S/C33H56O7.Ac/c1-20(2)10-9-11-22(30(35)36)28-24-16-27(40-19-38-8)29-31(4)14-13-26(39-18-37-7)21(3)23(31)12-15-32(29,5)33(24,6)17-25(28)34;/h10,21-29,34H,9,11-19H2,1-8H3,(H,35,36);. The van der Waals surface area contributed by atoms with Crippen LogP contribution in [0.3, 0.4) is 0 Å². The number of carboxylic acids is 1. The second kappa shape index (κ2) is 14.3. The average Bonchev–Trinajstić information content (AvgIpc) is 3.14. The third-order valence-corrected chi connectivity index (χ3v) is 12.5. The summed E-state index contributed by atoms with van der Waals surface area (Å²) in [7, 11) is 3.35. The van der Waals surface area contributed by atoms with Gasteiger partial charge in [0.25, 0.3) is 0 Å². The van der Waals surface area contributed by atoms with Gasteiger partial charge in [0.05, 0.1) is 24.2 Å². The number of hydrogen-bond acceptors (Lipinski definition) is 6. The molecule has 0 aromatic rings. The molecule has 2 N–H and O–H groups in total. The fraction of sp³-hybridized carbons (Fsp3) is 0.909. The molecule has 0 bridgehead atoms. The Morgan fingerprint density at radius 2 is 1.61 bits per heavy atom. The van der Waals surface area contributed by atoms with E-state index in [-0.39, 0.29) is 91.1 Å². The molecule has 4 fully saturated rings. The third kappa shape index (κ3) is 6.43. The van der Waals surface area contributed by atoms with Crippen LogP contribution >= 0.6 is 0 Å². The zero-order valence-corrected chi connectivity index (χ0v) is 31.6. The second-order valence-electron chi connectivity index (χ2n) is 14.6. The smallest absolute Gasteiger partial charge is 0.306 e. The van der Waals surface area contributed by atoms with Gasteiger partial charge in [-0.3, -0.25) is 4.79 Å². The number of hydrogen-bond donors (Lipinski definition) is 2. The number of rotatable bonds is 11. The minimum absolute atomic E-state index is 0. The summed E-state index contributed by atoms with van der Waals surface area (Å²) in [6.07, 6.45) is 8.59. The van der Waals surface area contributed by atoms with Crippen molar-refractivity contribution >= 4 is 5.97 Å². The largest absolute Gasteiger partial charge is 0.481 e. The Morgan fingerprint density at radius 1 is 0.976 bits per heavy atom. The van der Waals surface area contributed by atoms with Gasteiger partial charge in [-0.15, -0.1) is 0 Å². The summed E-state index contributed by atoms with van der Waals surface area (Å²) in [5.74, 6) is -0.328. The van der Waals surface area contributed by atoms with E-state index in [1.165, 1.54) is 5.57 Å². The summed E-state index contributed by atoms with van der Waals surface area (Å²) in [5.41, 5.74) is 1.01. The molecule has 4 aliphatic carbocycles. The van der Waals surface area contributed by atoms with Crippen LogP contribution in [0.4, 0.5) is 0 Å². The van der Waals surface area contributed by atoms with Crippen LogP contribution in [-0.4, -0.2) is 62.3 Å². The van der Waals surface area contributed by atoms with E-state index in [1.807, 2.05) is 13.8 Å². The van der Waals surface area contributed by atoms with E-state index >= 15 is 0 Å². The molecule has 1 radical (unpaired) electrons. The summed E-state index contributed by atoms with van der Waals surface area (Å²) in [6, 6.07) is 0. The normalized spacial score (nSPS) is 44.1. The number of ether oxygens (including phenoxy) is 4. The molecule has 233 valence electrons. The Hall–Kier alpha value is 0.452. The molecular weight excluding hydrogens is 735 g/mol. The van der Waals surface area contributed by atoms with Gasteiger partial charge in [0.2, 0.25) is 0 Å². The fourth-order valence-corrected chi connectivity index (χ4v) is 10.7. The molecule has 0 heterocycles. The molecule has 12 unspecified atom stereocenters. The first-order valence-electron chi connectivity index (χ1n) is 15.6. The Bertz CT molecular complexity index is 923. The molecule has 0 aromatic heterocycles. The van der Waals surface area contributed by atoms with Crippen molar-refractivity contribution in [1.29, 1.82) is 0 Å². The maximum absolute atomic E-state index is 12.7. The van der Waals surface area contributed by atoms with Crippen molar-refractivity contribution < 1.29 is 78.0 Å². The molecule has 41 heavy (non-hydrogen) atoms. The Balaban J connectivity index is 0.00000462. The first-order chi connectivity index (χ1) is 18.9. The Labute approximate surface area is 284 Å². The minimum Gasteiger partial charge on any atom is -0.481 e. The van der Waals surface area contributed by atoms with Gasteiger partial charge in [-0.25, -0.2) is 0 Å². The zero-order valence-electron chi connectivity index (χ0n) is 26.9. The van der Waals surface area contributed by atoms with Crippen LogP contribution in [0.25, 0.3) is 0 Å². The van der Waals surface area contributed by atoms with Crippen LogP contribution in [0.15, 0.2) is 11.6 Å². The van der Waals surface area contributed by atoms with Gasteiger partial charge in [0, 0.05) is 64.2 Å². The van der Waals surface area contributed by atoms with E-state index in [9.17, 15) is 15.0 Å². The van der Waals surface area contributed by atoms with Gasteiger partial charge in [0.15, 0.2) is 0 Å². The molecule has 12 atom stereocenters. The number of fused-ring (bicyclic) bond motifs is 5. The van der Waals surface area contributed by atoms with E-state index in [0.29, 0.717) is 37.4 Å². The predicted octanol–water partition coefficient (Wildman–Crippen LogP) is 6.29. The summed E-state index contributed by atoms with van der Waals surface area (Å²) in [6.45, 7) is 14.3. The maximum Gasteiger partial charge on any atom is 0.306 e. The molecule has 0 amide bonds. The number of carboxylic acid groups (broad SMARTS) is 1. The SMILES string of the molecule is COCOC1CCC2(C)C(CCC3(C)C2C(OCOC)CC2C(C(CCC=C(C)C)C(=O)O)C(O)CC23C)C1C.[Ac]. The number of aliphatic hydroxyl groups excluding tert-OH is 1. The fourth-order valence-electron chi connectivity index (χ4n) is 10.7. The molecule has 0 aromatic carbocycles. The average molecular weight is 792 g/mol. The topological polar surface area (TPSA) is 94.5 Å². The van der Waals surface area contributed by atoms with Crippen molar-refractivity contribution in [3.05, 3.63) is 11.6 Å². The van der Waals surface area contributed by atoms with Crippen molar-refractivity contribution in [2.75, 3.05) is 27.8 Å². The maximum atomic E-state index is 12.7. The molecule has 7 nitrogen and oxygen atoms in total. The Morgan fingerprint density at radius 3 is 2.20 bits per heavy atom. The van der Waals surface area contributed by atoms with Crippen LogP contribution in [-0.2, 0) is 23.7 Å². The van der Waals surface area contributed by atoms with Crippen LogP contribution < -0.4 is 0 Å². The number of methoxy groups -OCH3 is 2. The number of carbonyl (C=O) groups is 1. The van der Waals surface area contributed by atoms with Crippen molar-refractivity contribution in [3.8, 4) is 0 Å². The number of aliphatic hydroxyl groups is 1. The summed E-state index contributed by atoms with van der Waals surface area (Å²) < 4.78 is 23.4. The molecule has 0 spiro atoms. The molecule has 4 rings (SSSR count). The number of aliphatic carboxylic acids is 1. The van der Waals surface area contributed by atoms with Gasteiger partial charge in [-0.05, 0) is 105 Å². The van der Waals surface area contributed by atoms with E-state index in [2.05, 4.69) is 33.8 Å². The summed E-state index contributed by atoms with van der Waals surface area (Å²) in [4.78, 5) is 12.7. The molecule has 4 aliphatic rings. The quantitative estimate of drug-likeness (QED) is 0.188. The first-order valence-corrected chi connectivity index (χ1v) is 15.6. The Kier molecular flexibility index (Phi) is 12.5. The van der Waals surface area contributed by atoms with Gasteiger partial charge in [-0.2, -0.15) is 0 Å². The molecule has 0 aliphatic heterocycles. The molecule has 8 heteroatoms. The molecular formula is C33H56AcO7. The van der Waals surface area contributed by atoms with Gasteiger partial charge >= 0.3 is 5.97 Å². The van der Waals surface area contributed by atoms with Gasteiger partial charge in [-0.1, -0.05) is 39.3 Å². The predicted molar refractivity (Wildman–Crippen MR) is 154 cm³/mol. The van der Waals surface area contributed by atoms with E-state index in [4.69, 9.17) is 18.9 Å². The first kappa shape index (κ1) is 35.9. The van der Waals surface area contributed by atoms with Crippen molar-refractivity contribution in [2.24, 2.45) is 51.8 Å². The third-order valence-electron chi connectivity index (χ3n) is 12.5. The summed E-state index contributed by atoms with van der Waals surface area (Å²) in [5, 5.41) is 22.1. The van der Waals surface area contributed by atoms with Gasteiger partial charge in [0.1, 0.15) is 13.6 Å². The van der Waals surface area contributed by atoms with E-state index < -0.39 is 18.0 Å². The van der Waals surface area contributed by atoms with Crippen LogP contribution in [0, 0.1) is 95.8 Å². The minimum atomic E-state index is -0.782. The summed E-state index contributed by atoms with van der Waals surface area (Å²) >= 11 is 0. The van der Waals surface area contributed by atoms with Gasteiger partial charge < -0.3 is 29.2 Å². The number of allylic oxidation sites excluding steroid dienone is 2. The molecule has 0 saturated heterocycles. The van der Waals surface area contributed by atoms with Crippen molar-refractivity contribution in [2.45, 2.75) is 111 Å². The van der Waals surface area contributed by atoms with E-state index in [0.717, 1.165) is 38.5 Å². The van der Waals surface area contributed by atoms with Crippen molar-refractivity contribution in [3.63, 3.8) is 0 Å². The second-order valence-corrected chi connectivity index (χ2v) is 14.6. The van der Waals surface area contributed by atoms with Crippen molar-refractivity contribution in [1.82, 2.24) is 0 Å². The zero-order chi connectivity index (χ0) is 29.5.